The van der Waals surface area contributed by atoms with Crippen molar-refractivity contribution in [1.29, 1.82) is 0 Å². The summed E-state index contributed by atoms with van der Waals surface area (Å²) in [6.07, 6.45) is -2.21. The van der Waals surface area contributed by atoms with Gasteiger partial charge in [0, 0.05) is 6.54 Å². The lowest BCUT2D eigenvalue weighted by Gasteiger charge is -2.12. The lowest BCUT2D eigenvalue weighted by atomic mass is 10.2. The number of benzene rings is 1. The summed E-state index contributed by atoms with van der Waals surface area (Å²) < 4.78 is 39.7. The zero-order valence-electron chi connectivity index (χ0n) is 11.9. The number of nitrogens with one attached hydrogen (secondary N) is 1. The van der Waals surface area contributed by atoms with Gasteiger partial charge in [-0.05, 0) is 36.1 Å². The number of thioether (sulfide) groups is 1. The average molecular weight is 359 g/mol. The molecular weight excluding hydrogens is 341 g/mol. The minimum atomic E-state index is -4.71. The van der Waals surface area contributed by atoms with Crippen LogP contribution in [0.2, 0.25) is 0 Å². The van der Waals surface area contributed by atoms with Crippen molar-refractivity contribution in [2.45, 2.75) is 25.4 Å². The van der Waals surface area contributed by atoms with Crippen molar-refractivity contribution in [1.82, 2.24) is 5.32 Å². The number of carbonyl (C=O) groups excluding carboxylic acids is 1. The van der Waals surface area contributed by atoms with Gasteiger partial charge in [-0.25, -0.2) is 0 Å². The van der Waals surface area contributed by atoms with Gasteiger partial charge in [0.15, 0.2) is 0 Å². The number of rotatable bonds is 7. The van der Waals surface area contributed by atoms with Crippen LogP contribution in [0.25, 0.3) is 0 Å². The van der Waals surface area contributed by atoms with E-state index in [-0.39, 0.29) is 30.6 Å². The smallest absolute Gasteiger partial charge is 0.406 e. The Balaban J connectivity index is 0.00000441. The van der Waals surface area contributed by atoms with Crippen LogP contribution in [0.1, 0.15) is 12.0 Å². The molecule has 22 heavy (non-hydrogen) atoms. The molecule has 0 aliphatic carbocycles. The first-order valence-corrected chi connectivity index (χ1v) is 7.58. The Bertz CT molecular complexity index is 458. The van der Waals surface area contributed by atoms with Gasteiger partial charge in [0.25, 0.3) is 0 Å². The van der Waals surface area contributed by atoms with Crippen LogP contribution < -0.4 is 15.8 Å². The maximum Gasteiger partial charge on any atom is 0.573 e. The van der Waals surface area contributed by atoms with Crippen LogP contribution in [0.15, 0.2) is 24.3 Å². The Hall–Kier alpha value is -1.12. The minimum Gasteiger partial charge on any atom is -0.406 e. The Morgan fingerprint density at radius 3 is 2.45 bits per heavy atom. The summed E-state index contributed by atoms with van der Waals surface area (Å²) in [7, 11) is 0. The van der Waals surface area contributed by atoms with Gasteiger partial charge >= 0.3 is 6.36 Å². The largest absolute Gasteiger partial charge is 0.573 e. The summed E-state index contributed by atoms with van der Waals surface area (Å²) in [6, 6.07) is 4.72. The van der Waals surface area contributed by atoms with Gasteiger partial charge in [-0.1, -0.05) is 12.1 Å². The standard InChI is InChI=1S/C13H17F3N2O2S.ClH/c1-21-7-6-11(17)12(19)18-8-9-2-4-10(5-3-9)20-13(14,15)16;/h2-5,11H,6-8,17H2,1H3,(H,18,19);1H/t11-;/m0./s1. The lowest BCUT2D eigenvalue weighted by Crippen LogP contribution is -2.40. The third-order valence-electron chi connectivity index (χ3n) is 2.59. The summed E-state index contributed by atoms with van der Waals surface area (Å²) >= 11 is 1.60. The summed E-state index contributed by atoms with van der Waals surface area (Å²) in [5.74, 6) is 0.215. The van der Waals surface area contributed by atoms with E-state index < -0.39 is 12.4 Å². The zero-order chi connectivity index (χ0) is 15.9. The number of halogens is 4. The van der Waals surface area contributed by atoms with E-state index in [1.807, 2.05) is 6.26 Å². The van der Waals surface area contributed by atoms with Gasteiger partial charge in [-0.15, -0.1) is 25.6 Å². The highest BCUT2D eigenvalue weighted by Gasteiger charge is 2.30. The molecule has 1 atom stereocenters. The molecule has 1 amide bonds. The molecule has 0 fully saturated rings. The van der Waals surface area contributed by atoms with Gasteiger partial charge in [0.2, 0.25) is 5.91 Å². The molecule has 0 saturated carbocycles. The van der Waals surface area contributed by atoms with E-state index >= 15 is 0 Å². The first kappa shape index (κ1) is 20.9. The van der Waals surface area contributed by atoms with E-state index in [1.54, 1.807) is 11.8 Å². The Morgan fingerprint density at radius 2 is 1.95 bits per heavy atom. The summed E-state index contributed by atoms with van der Waals surface area (Å²) in [5, 5.41) is 2.64. The predicted octanol–water partition coefficient (Wildman–Crippen LogP) is 2.70. The Kier molecular flexibility index (Phi) is 9.31. The number of carbonyl (C=O) groups is 1. The van der Waals surface area contributed by atoms with Gasteiger partial charge in [0.05, 0.1) is 6.04 Å². The first-order chi connectivity index (χ1) is 9.81. The van der Waals surface area contributed by atoms with Gasteiger partial charge in [0.1, 0.15) is 5.75 Å². The van der Waals surface area contributed by atoms with Crippen LogP contribution in [0.4, 0.5) is 13.2 Å². The second-order valence-electron chi connectivity index (χ2n) is 4.30. The van der Waals surface area contributed by atoms with Crippen molar-refractivity contribution in [3.8, 4) is 5.75 Å². The van der Waals surface area contributed by atoms with Crippen molar-refractivity contribution in [3.63, 3.8) is 0 Å². The fraction of sp³-hybridized carbons (Fsp3) is 0.462. The summed E-state index contributed by atoms with van der Waals surface area (Å²) in [5.41, 5.74) is 6.35. The number of hydrogen-bond donors (Lipinski definition) is 2. The highest BCUT2D eigenvalue weighted by atomic mass is 35.5. The van der Waals surface area contributed by atoms with Crippen LogP contribution >= 0.6 is 24.2 Å². The van der Waals surface area contributed by atoms with Gasteiger partial charge < -0.3 is 15.8 Å². The van der Waals surface area contributed by atoms with Crippen molar-refractivity contribution < 1.29 is 22.7 Å². The maximum atomic E-state index is 12.0. The average Bonchev–Trinajstić information content (AvgIpc) is 2.42. The fourth-order valence-electron chi connectivity index (χ4n) is 1.51. The second-order valence-corrected chi connectivity index (χ2v) is 5.28. The molecule has 0 unspecified atom stereocenters. The molecule has 0 spiro atoms. The summed E-state index contributed by atoms with van der Waals surface area (Å²) in [6.45, 7) is 0.206. The van der Waals surface area contributed by atoms with Crippen molar-refractivity contribution in [2.24, 2.45) is 5.73 Å². The molecule has 1 aromatic rings. The van der Waals surface area contributed by atoms with Crippen molar-refractivity contribution >= 4 is 30.1 Å². The highest BCUT2D eigenvalue weighted by Crippen LogP contribution is 2.22. The van der Waals surface area contributed by atoms with Crippen LogP contribution in [0, 0.1) is 0 Å². The molecule has 126 valence electrons. The molecule has 0 radical (unpaired) electrons. The normalized spacial score (nSPS) is 12.2. The third kappa shape index (κ3) is 8.35. The Morgan fingerprint density at radius 1 is 1.36 bits per heavy atom. The van der Waals surface area contributed by atoms with E-state index in [1.165, 1.54) is 24.3 Å². The molecular formula is C13H18ClF3N2O2S. The monoisotopic (exact) mass is 358 g/mol. The van der Waals surface area contributed by atoms with Crippen LogP contribution in [0.3, 0.4) is 0 Å². The number of ether oxygens (including phenoxy) is 1. The zero-order valence-corrected chi connectivity index (χ0v) is 13.5. The molecule has 0 aliphatic rings. The van der Waals surface area contributed by atoms with Crippen LogP contribution in [-0.4, -0.2) is 30.3 Å². The second kappa shape index (κ2) is 9.81. The Labute approximate surface area is 137 Å². The van der Waals surface area contributed by atoms with E-state index in [2.05, 4.69) is 10.1 Å². The van der Waals surface area contributed by atoms with Crippen LogP contribution in [0.5, 0.6) is 5.75 Å². The topological polar surface area (TPSA) is 64.4 Å². The number of nitrogens with two attached hydrogens (primary N) is 1. The quantitative estimate of drug-likeness (QED) is 0.786. The van der Waals surface area contributed by atoms with Gasteiger partial charge in [-0.3, -0.25) is 4.79 Å². The number of hydrogen-bond acceptors (Lipinski definition) is 4. The van der Waals surface area contributed by atoms with E-state index in [0.29, 0.717) is 12.0 Å². The molecule has 1 aromatic carbocycles. The van der Waals surface area contributed by atoms with Crippen LogP contribution in [-0.2, 0) is 11.3 Å². The molecule has 0 aromatic heterocycles. The number of amides is 1. The molecule has 3 N–H and O–H groups in total. The molecule has 0 heterocycles. The molecule has 0 bridgehead atoms. The lowest BCUT2D eigenvalue weighted by molar-refractivity contribution is -0.274. The van der Waals surface area contributed by atoms with E-state index in [4.69, 9.17) is 5.73 Å². The predicted molar refractivity (Wildman–Crippen MR) is 83.2 cm³/mol. The fourth-order valence-corrected chi connectivity index (χ4v) is 1.99. The molecule has 0 aliphatic heterocycles. The minimum absolute atomic E-state index is 0. The van der Waals surface area contributed by atoms with Crippen molar-refractivity contribution in [2.75, 3.05) is 12.0 Å². The third-order valence-corrected chi connectivity index (χ3v) is 3.24. The van der Waals surface area contributed by atoms with Crippen molar-refractivity contribution in [3.05, 3.63) is 29.8 Å². The first-order valence-electron chi connectivity index (χ1n) is 6.18. The van der Waals surface area contributed by atoms with Gasteiger partial charge in [-0.2, -0.15) is 11.8 Å². The SMILES string of the molecule is CSCC[C@H](N)C(=O)NCc1ccc(OC(F)(F)F)cc1.Cl. The molecule has 0 saturated heterocycles. The van der Waals surface area contributed by atoms with E-state index in [0.717, 1.165) is 5.75 Å². The highest BCUT2D eigenvalue weighted by molar-refractivity contribution is 7.98. The molecule has 9 heteroatoms. The van der Waals surface area contributed by atoms with E-state index in [9.17, 15) is 18.0 Å². The number of alkyl halides is 3. The summed E-state index contributed by atoms with van der Waals surface area (Å²) in [4.78, 5) is 11.7. The molecule has 4 nitrogen and oxygen atoms in total. The molecule has 1 rings (SSSR count). The maximum absolute atomic E-state index is 12.0.